The number of nitrogens with one attached hydrogen (secondary N) is 1. The van der Waals surface area contributed by atoms with Crippen molar-refractivity contribution in [1.82, 2.24) is 10.2 Å². The lowest BCUT2D eigenvalue weighted by molar-refractivity contribution is 0.0215. The molecule has 1 aliphatic carbocycles. The third kappa shape index (κ3) is 2.69. The molecule has 1 unspecified atom stereocenters. The molecular weight excluding hydrogens is 232 g/mol. The Morgan fingerprint density at radius 1 is 1.35 bits per heavy atom. The average Bonchev–Trinajstić information content (AvgIpc) is 2.81. The van der Waals surface area contributed by atoms with Crippen LogP contribution in [-0.2, 0) is 0 Å². The predicted molar refractivity (Wildman–Crippen MR) is 74.5 cm³/mol. The molecule has 0 amide bonds. The molecule has 98 valence electrons. The van der Waals surface area contributed by atoms with Crippen molar-refractivity contribution in [1.29, 1.82) is 0 Å². The van der Waals surface area contributed by atoms with Crippen LogP contribution in [0.2, 0.25) is 0 Å². The van der Waals surface area contributed by atoms with Crippen LogP contribution in [0.1, 0.15) is 46.0 Å². The summed E-state index contributed by atoms with van der Waals surface area (Å²) in [5, 5.41) is 3.79. The third-order valence-corrected chi connectivity index (χ3v) is 4.96. The highest BCUT2D eigenvalue weighted by Gasteiger charge is 2.45. The van der Waals surface area contributed by atoms with Crippen LogP contribution in [0.15, 0.2) is 11.6 Å². The second-order valence-electron chi connectivity index (χ2n) is 5.94. The molecule has 1 saturated heterocycles. The number of hydrogen-bond acceptors (Lipinski definition) is 2. The first-order chi connectivity index (χ1) is 8.14. The zero-order valence-corrected chi connectivity index (χ0v) is 11.9. The van der Waals surface area contributed by atoms with E-state index in [1.807, 2.05) is 0 Å². The van der Waals surface area contributed by atoms with Gasteiger partial charge in [-0.25, -0.2) is 0 Å². The van der Waals surface area contributed by atoms with Gasteiger partial charge in [-0.1, -0.05) is 37.4 Å². The summed E-state index contributed by atoms with van der Waals surface area (Å²) in [6, 6.07) is 0. The second-order valence-corrected chi connectivity index (χ2v) is 6.19. The van der Waals surface area contributed by atoms with Crippen LogP contribution >= 0.6 is 11.6 Å². The molecule has 0 aromatic carbocycles. The van der Waals surface area contributed by atoms with E-state index in [0.717, 1.165) is 19.6 Å². The van der Waals surface area contributed by atoms with Gasteiger partial charge in [-0.2, -0.15) is 0 Å². The molecule has 2 aliphatic rings. The van der Waals surface area contributed by atoms with Crippen molar-refractivity contribution in [2.24, 2.45) is 0 Å². The lowest BCUT2D eigenvalue weighted by Gasteiger charge is -2.52. The quantitative estimate of drug-likeness (QED) is 0.835. The summed E-state index contributed by atoms with van der Waals surface area (Å²) in [6.07, 6.45) is 8.72. The van der Waals surface area contributed by atoms with Crippen LogP contribution in [0, 0.1) is 0 Å². The highest BCUT2D eigenvalue weighted by atomic mass is 35.5. The van der Waals surface area contributed by atoms with Crippen LogP contribution in [0.4, 0.5) is 0 Å². The van der Waals surface area contributed by atoms with E-state index in [0.29, 0.717) is 5.54 Å². The highest BCUT2D eigenvalue weighted by Crippen LogP contribution is 2.38. The monoisotopic (exact) mass is 256 g/mol. The fraction of sp³-hybridized carbons (Fsp3) is 0.857. The van der Waals surface area contributed by atoms with Crippen molar-refractivity contribution < 1.29 is 0 Å². The molecule has 2 nitrogen and oxygen atoms in total. The summed E-state index contributed by atoms with van der Waals surface area (Å²) in [7, 11) is 0. The Bertz CT molecular complexity index is 284. The Hall–Kier alpha value is -0.0500. The van der Waals surface area contributed by atoms with Gasteiger partial charge in [0.25, 0.3) is 0 Å². The maximum absolute atomic E-state index is 5.70. The molecule has 0 bridgehead atoms. The molecule has 1 heterocycles. The maximum atomic E-state index is 5.70. The summed E-state index contributed by atoms with van der Waals surface area (Å²) in [5.74, 6) is 0. The molecule has 17 heavy (non-hydrogen) atoms. The Balaban J connectivity index is 2.12. The Morgan fingerprint density at radius 3 is 2.65 bits per heavy atom. The standard InChI is InChI=1S/C14H25ClN2/c1-3-13(2)12-17(10-6-9-15)14(11-16-13)7-4-5-8-14/h6,9,16H,3-5,7-8,10-12H2,1-2H3/b9-6+. The fourth-order valence-corrected chi connectivity index (χ4v) is 3.40. The summed E-state index contributed by atoms with van der Waals surface area (Å²) in [4.78, 5) is 2.67. The Morgan fingerprint density at radius 2 is 2.06 bits per heavy atom. The zero-order chi connectivity index (χ0) is 12.4. The summed E-state index contributed by atoms with van der Waals surface area (Å²) < 4.78 is 0. The molecule has 2 fully saturated rings. The molecule has 0 aromatic heterocycles. The zero-order valence-electron chi connectivity index (χ0n) is 11.1. The van der Waals surface area contributed by atoms with Crippen molar-refractivity contribution >= 4 is 11.6 Å². The number of hydrogen-bond donors (Lipinski definition) is 1. The van der Waals surface area contributed by atoms with Gasteiger partial charge in [0.2, 0.25) is 0 Å². The molecule has 1 atom stereocenters. The minimum Gasteiger partial charge on any atom is -0.308 e. The van der Waals surface area contributed by atoms with Crippen molar-refractivity contribution in [3.8, 4) is 0 Å². The minimum atomic E-state index is 0.272. The molecule has 1 spiro atoms. The van der Waals surface area contributed by atoms with E-state index in [-0.39, 0.29) is 5.54 Å². The van der Waals surface area contributed by atoms with E-state index in [1.54, 1.807) is 5.54 Å². The fourth-order valence-electron chi connectivity index (χ4n) is 3.32. The number of nitrogens with zero attached hydrogens (tertiary/aromatic N) is 1. The lowest BCUT2D eigenvalue weighted by atomic mass is 9.85. The Labute approximate surface area is 110 Å². The number of piperazine rings is 1. The smallest absolute Gasteiger partial charge is 0.0338 e. The SMILES string of the molecule is CCC1(C)CN(C/C=C/Cl)C2(CCCC2)CN1. The van der Waals surface area contributed by atoms with Crippen LogP contribution in [-0.4, -0.2) is 35.6 Å². The normalized spacial score (nSPS) is 33.8. The van der Waals surface area contributed by atoms with Crippen LogP contribution in [0.25, 0.3) is 0 Å². The van der Waals surface area contributed by atoms with Gasteiger partial charge in [0, 0.05) is 36.2 Å². The molecule has 0 radical (unpaired) electrons. The van der Waals surface area contributed by atoms with Gasteiger partial charge in [-0.05, 0) is 26.2 Å². The van der Waals surface area contributed by atoms with E-state index in [2.05, 4.69) is 30.1 Å². The molecule has 1 aliphatic heterocycles. The molecule has 0 aromatic rings. The number of rotatable bonds is 3. The Kier molecular flexibility index (Phi) is 4.17. The first kappa shape index (κ1) is 13.4. The molecule has 3 heteroatoms. The van der Waals surface area contributed by atoms with Crippen LogP contribution in [0.3, 0.4) is 0 Å². The highest BCUT2D eigenvalue weighted by molar-refractivity contribution is 6.25. The van der Waals surface area contributed by atoms with Gasteiger partial charge in [0.15, 0.2) is 0 Å². The van der Waals surface area contributed by atoms with Crippen molar-refractivity contribution in [2.45, 2.75) is 57.0 Å². The largest absolute Gasteiger partial charge is 0.308 e. The minimum absolute atomic E-state index is 0.272. The topological polar surface area (TPSA) is 15.3 Å². The first-order valence-corrected chi connectivity index (χ1v) is 7.33. The average molecular weight is 257 g/mol. The summed E-state index contributed by atoms with van der Waals surface area (Å²) >= 11 is 5.70. The van der Waals surface area contributed by atoms with Gasteiger partial charge in [0.05, 0.1) is 0 Å². The van der Waals surface area contributed by atoms with Crippen molar-refractivity contribution in [3.05, 3.63) is 11.6 Å². The third-order valence-electron chi connectivity index (χ3n) is 4.78. The van der Waals surface area contributed by atoms with E-state index in [4.69, 9.17) is 11.6 Å². The molecule has 1 N–H and O–H groups in total. The van der Waals surface area contributed by atoms with Gasteiger partial charge < -0.3 is 5.32 Å². The predicted octanol–water partition coefficient (Wildman–Crippen LogP) is 3.13. The van der Waals surface area contributed by atoms with E-state index in [1.165, 1.54) is 32.1 Å². The molecule has 2 rings (SSSR count). The molecular formula is C14H25ClN2. The van der Waals surface area contributed by atoms with Crippen LogP contribution < -0.4 is 5.32 Å². The van der Waals surface area contributed by atoms with E-state index < -0.39 is 0 Å². The summed E-state index contributed by atoms with van der Waals surface area (Å²) in [5.41, 5.74) is 2.34. The van der Waals surface area contributed by atoms with Crippen LogP contribution in [0.5, 0.6) is 0 Å². The lowest BCUT2D eigenvalue weighted by Crippen LogP contribution is -2.68. The van der Waals surface area contributed by atoms with Gasteiger partial charge in [-0.15, -0.1) is 0 Å². The van der Waals surface area contributed by atoms with Crippen molar-refractivity contribution in [3.63, 3.8) is 0 Å². The van der Waals surface area contributed by atoms with Gasteiger partial charge in [-0.3, -0.25) is 4.90 Å². The maximum Gasteiger partial charge on any atom is 0.0338 e. The molecule has 1 saturated carbocycles. The van der Waals surface area contributed by atoms with Gasteiger partial charge >= 0.3 is 0 Å². The second kappa shape index (κ2) is 5.29. The van der Waals surface area contributed by atoms with E-state index in [9.17, 15) is 0 Å². The van der Waals surface area contributed by atoms with E-state index >= 15 is 0 Å². The number of halogens is 1. The van der Waals surface area contributed by atoms with Crippen molar-refractivity contribution in [2.75, 3.05) is 19.6 Å². The first-order valence-electron chi connectivity index (χ1n) is 6.89. The summed E-state index contributed by atoms with van der Waals surface area (Å²) in [6.45, 7) is 7.90. The van der Waals surface area contributed by atoms with Gasteiger partial charge in [0.1, 0.15) is 0 Å².